The van der Waals surface area contributed by atoms with E-state index in [4.69, 9.17) is 4.52 Å². The molecule has 0 aliphatic carbocycles. The summed E-state index contributed by atoms with van der Waals surface area (Å²) in [6, 6.07) is 3.84. The van der Waals surface area contributed by atoms with Gasteiger partial charge < -0.3 is 9.42 Å². The maximum absolute atomic E-state index is 12.7. The lowest BCUT2D eigenvalue weighted by Crippen LogP contribution is -2.26. The first-order valence-corrected chi connectivity index (χ1v) is 7.09. The monoisotopic (exact) mass is 299 g/mol. The molecule has 2 heterocycles. The van der Waals surface area contributed by atoms with Gasteiger partial charge in [0.1, 0.15) is 0 Å². The van der Waals surface area contributed by atoms with E-state index in [1.54, 1.807) is 18.1 Å². The first kappa shape index (κ1) is 14.2. The molecule has 22 heavy (non-hydrogen) atoms. The van der Waals surface area contributed by atoms with E-state index in [0.717, 1.165) is 16.5 Å². The maximum Gasteiger partial charge on any atom is 0.256 e. The Bertz CT molecular complexity index is 820. The third-order valence-corrected chi connectivity index (χ3v) is 3.47. The van der Waals surface area contributed by atoms with E-state index in [1.165, 1.54) is 0 Å². The predicted molar refractivity (Wildman–Crippen MR) is 80.3 cm³/mol. The predicted octanol–water partition coefficient (Wildman–Crippen LogP) is 2.09. The molecule has 1 N–H and O–H groups in total. The highest BCUT2D eigenvalue weighted by Gasteiger charge is 2.19. The standard InChI is InChI=1S/C15H17N5O2/c1-4-12-17-13(22-19-12)8-20(3)15(21)11-6-9(2)5-10-7-16-18-14(10)11/h5-7H,4,8H2,1-3H3,(H,16,18). The van der Waals surface area contributed by atoms with Crippen molar-refractivity contribution in [3.8, 4) is 0 Å². The molecule has 7 nitrogen and oxygen atoms in total. The number of fused-ring (bicyclic) bond motifs is 1. The lowest BCUT2D eigenvalue weighted by molar-refractivity contribution is 0.0771. The second kappa shape index (κ2) is 5.59. The van der Waals surface area contributed by atoms with Gasteiger partial charge in [-0.15, -0.1) is 0 Å². The van der Waals surface area contributed by atoms with Gasteiger partial charge in [-0.05, 0) is 24.6 Å². The number of aryl methyl sites for hydroxylation is 2. The molecule has 0 bridgehead atoms. The third-order valence-electron chi connectivity index (χ3n) is 3.47. The van der Waals surface area contributed by atoms with Crippen molar-refractivity contribution in [1.29, 1.82) is 0 Å². The van der Waals surface area contributed by atoms with Gasteiger partial charge in [0, 0.05) is 18.9 Å². The topological polar surface area (TPSA) is 87.9 Å². The molecule has 3 rings (SSSR count). The Balaban J connectivity index is 1.86. The van der Waals surface area contributed by atoms with Crippen molar-refractivity contribution in [3.05, 3.63) is 41.2 Å². The summed E-state index contributed by atoms with van der Waals surface area (Å²) in [5.41, 5.74) is 2.34. The summed E-state index contributed by atoms with van der Waals surface area (Å²) >= 11 is 0. The van der Waals surface area contributed by atoms with E-state index in [1.807, 2.05) is 26.0 Å². The number of H-pyrrole nitrogens is 1. The molecular formula is C15H17N5O2. The summed E-state index contributed by atoms with van der Waals surface area (Å²) < 4.78 is 5.13. The molecule has 0 saturated carbocycles. The Labute approximate surface area is 127 Å². The maximum atomic E-state index is 12.7. The lowest BCUT2D eigenvalue weighted by atomic mass is 10.1. The summed E-state index contributed by atoms with van der Waals surface area (Å²) in [6.45, 7) is 4.18. The number of aromatic amines is 1. The third kappa shape index (κ3) is 2.57. The van der Waals surface area contributed by atoms with Crippen molar-refractivity contribution in [2.24, 2.45) is 0 Å². The Morgan fingerprint density at radius 1 is 1.41 bits per heavy atom. The zero-order valence-electron chi connectivity index (χ0n) is 12.8. The van der Waals surface area contributed by atoms with Gasteiger partial charge in [0.05, 0.1) is 23.8 Å². The number of nitrogens with zero attached hydrogens (tertiary/aromatic N) is 4. The van der Waals surface area contributed by atoms with Crippen molar-refractivity contribution in [2.45, 2.75) is 26.8 Å². The van der Waals surface area contributed by atoms with Gasteiger partial charge in [0.2, 0.25) is 5.89 Å². The lowest BCUT2D eigenvalue weighted by Gasteiger charge is -2.15. The van der Waals surface area contributed by atoms with Crippen LogP contribution in [0.1, 0.15) is 34.6 Å². The number of rotatable bonds is 4. The molecule has 0 aliphatic rings. The molecular weight excluding hydrogens is 282 g/mol. The highest BCUT2D eigenvalue weighted by molar-refractivity contribution is 6.05. The van der Waals surface area contributed by atoms with E-state index in [9.17, 15) is 4.79 Å². The van der Waals surface area contributed by atoms with Gasteiger partial charge in [0.15, 0.2) is 5.82 Å². The summed E-state index contributed by atoms with van der Waals surface area (Å²) in [5, 5.41) is 11.6. The molecule has 0 spiro atoms. The van der Waals surface area contributed by atoms with Crippen LogP contribution >= 0.6 is 0 Å². The number of hydrogen-bond acceptors (Lipinski definition) is 5. The first-order valence-electron chi connectivity index (χ1n) is 7.09. The molecule has 3 aromatic rings. The van der Waals surface area contributed by atoms with Crippen LogP contribution in [-0.2, 0) is 13.0 Å². The summed E-state index contributed by atoms with van der Waals surface area (Å²) in [6.07, 6.45) is 2.42. The van der Waals surface area contributed by atoms with Crippen molar-refractivity contribution in [3.63, 3.8) is 0 Å². The van der Waals surface area contributed by atoms with Gasteiger partial charge in [-0.3, -0.25) is 9.89 Å². The Kier molecular flexibility index (Phi) is 3.62. The second-order valence-electron chi connectivity index (χ2n) is 5.27. The van der Waals surface area contributed by atoms with Crippen LogP contribution in [0.5, 0.6) is 0 Å². The average molecular weight is 299 g/mol. The van der Waals surface area contributed by atoms with Gasteiger partial charge >= 0.3 is 0 Å². The summed E-state index contributed by atoms with van der Waals surface area (Å²) in [4.78, 5) is 18.5. The van der Waals surface area contributed by atoms with Crippen molar-refractivity contribution in [2.75, 3.05) is 7.05 Å². The van der Waals surface area contributed by atoms with Crippen molar-refractivity contribution in [1.82, 2.24) is 25.2 Å². The normalized spacial score (nSPS) is 11.0. The van der Waals surface area contributed by atoms with E-state index >= 15 is 0 Å². The Hall–Kier alpha value is -2.70. The van der Waals surface area contributed by atoms with Gasteiger partial charge in [0.25, 0.3) is 5.91 Å². The van der Waals surface area contributed by atoms with Crippen LogP contribution in [0, 0.1) is 6.92 Å². The summed E-state index contributed by atoms with van der Waals surface area (Å²) in [5.74, 6) is 0.956. The molecule has 114 valence electrons. The molecule has 0 unspecified atom stereocenters. The van der Waals surface area contributed by atoms with Gasteiger partial charge in [-0.1, -0.05) is 12.1 Å². The fourth-order valence-corrected chi connectivity index (χ4v) is 2.35. The van der Waals surface area contributed by atoms with E-state index in [2.05, 4.69) is 20.3 Å². The zero-order chi connectivity index (χ0) is 15.7. The SMILES string of the molecule is CCc1noc(CN(C)C(=O)c2cc(C)cc3cn[nH]c23)n1. The number of hydrogen-bond donors (Lipinski definition) is 1. The minimum atomic E-state index is -0.116. The van der Waals surface area contributed by atoms with Crippen LogP contribution in [0.3, 0.4) is 0 Å². The number of carbonyl (C=O) groups is 1. The van der Waals surface area contributed by atoms with E-state index in [0.29, 0.717) is 23.7 Å². The quantitative estimate of drug-likeness (QED) is 0.797. The number of aromatic nitrogens is 4. The molecule has 7 heteroatoms. The fourth-order valence-electron chi connectivity index (χ4n) is 2.35. The molecule has 0 atom stereocenters. The van der Waals surface area contributed by atoms with E-state index < -0.39 is 0 Å². The number of benzene rings is 1. The van der Waals surface area contributed by atoms with Gasteiger partial charge in [-0.2, -0.15) is 10.1 Å². The molecule has 1 aromatic carbocycles. The fraction of sp³-hybridized carbons (Fsp3) is 0.333. The summed E-state index contributed by atoms with van der Waals surface area (Å²) in [7, 11) is 1.71. The minimum Gasteiger partial charge on any atom is -0.337 e. The molecule has 0 aliphatic heterocycles. The van der Waals surface area contributed by atoms with Crippen LogP contribution < -0.4 is 0 Å². The van der Waals surface area contributed by atoms with Crippen LogP contribution in [0.15, 0.2) is 22.9 Å². The minimum absolute atomic E-state index is 0.116. The van der Waals surface area contributed by atoms with Crippen LogP contribution in [0.2, 0.25) is 0 Å². The molecule has 1 amide bonds. The van der Waals surface area contributed by atoms with Crippen LogP contribution in [-0.4, -0.2) is 38.2 Å². The number of nitrogens with one attached hydrogen (secondary N) is 1. The van der Waals surface area contributed by atoms with E-state index in [-0.39, 0.29) is 12.5 Å². The zero-order valence-corrected chi connectivity index (χ0v) is 12.8. The first-order chi connectivity index (χ1) is 10.6. The smallest absolute Gasteiger partial charge is 0.256 e. The Morgan fingerprint density at radius 2 is 2.23 bits per heavy atom. The van der Waals surface area contributed by atoms with Crippen LogP contribution in [0.4, 0.5) is 0 Å². The highest BCUT2D eigenvalue weighted by Crippen LogP contribution is 2.20. The highest BCUT2D eigenvalue weighted by atomic mass is 16.5. The molecule has 0 radical (unpaired) electrons. The molecule has 0 saturated heterocycles. The largest absolute Gasteiger partial charge is 0.337 e. The number of carbonyl (C=O) groups excluding carboxylic acids is 1. The number of amides is 1. The van der Waals surface area contributed by atoms with Crippen molar-refractivity contribution < 1.29 is 9.32 Å². The second-order valence-corrected chi connectivity index (χ2v) is 5.27. The molecule has 0 fully saturated rings. The Morgan fingerprint density at radius 3 is 2.95 bits per heavy atom. The average Bonchev–Trinajstić information content (AvgIpc) is 3.14. The van der Waals surface area contributed by atoms with Crippen molar-refractivity contribution >= 4 is 16.8 Å². The van der Waals surface area contributed by atoms with Crippen LogP contribution in [0.25, 0.3) is 10.9 Å². The molecule has 2 aromatic heterocycles. The van der Waals surface area contributed by atoms with Gasteiger partial charge in [-0.25, -0.2) is 0 Å².